The number of amides is 3. The Hall–Kier alpha value is -3.20. The van der Waals surface area contributed by atoms with Crippen molar-refractivity contribution < 1.29 is 9.59 Å². The molecule has 0 saturated heterocycles. The fraction of sp³-hybridized carbons (Fsp3) is 0.143. The SMILES string of the molecule is Cc1[nH]c(C(=O)Nc2ccc(N(N)C(N)=O)cc2N2Cc3ccccc3C2)c(Cl)c1Cl. The summed E-state index contributed by atoms with van der Waals surface area (Å²) in [6.45, 7) is 3.00. The molecule has 2 heterocycles. The van der Waals surface area contributed by atoms with E-state index in [9.17, 15) is 9.59 Å². The monoisotopic (exact) mass is 458 g/mol. The van der Waals surface area contributed by atoms with Crippen LogP contribution in [0.25, 0.3) is 0 Å². The number of hydrazine groups is 1. The molecule has 1 aliphatic rings. The normalized spacial score (nSPS) is 12.6. The van der Waals surface area contributed by atoms with Gasteiger partial charge in [-0.3, -0.25) is 4.79 Å². The van der Waals surface area contributed by atoms with Gasteiger partial charge in [-0.2, -0.15) is 0 Å². The average Bonchev–Trinajstić information content (AvgIpc) is 3.30. The summed E-state index contributed by atoms with van der Waals surface area (Å²) >= 11 is 12.3. The first-order valence-corrected chi connectivity index (χ1v) is 10.2. The third kappa shape index (κ3) is 3.93. The summed E-state index contributed by atoms with van der Waals surface area (Å²) in [5.74, 6) is 5.35. The fourth-order valence-electron chi connectivity index (χ4n) is 3.58. The van der Waals surface area contributed by atoms with Crippen LogP contribution in [0.2, 0.25) is 10.0 Å². The zero-order valence-corrected chi connectivity index (χ0v) is 18.1. The van der Waals surface area contributed by atoms with Crippen LogP contribution in [-0.2, 0) is 13.1 Å². The lowest BCUT2D eigenvalue weighted by Gasteiger charge is -2.24. The molecule has 0 fully saturated rings. The quantitative estimate of drug-likeness (QED) is 0.266. The van der Waals surface area contributed by atoms with Gasteiger partial charge in [-0.15, -0.1) is 0 Å². The molecule has 3 aromatic rings. The predicted molar refractivity (Wildman–Crippen MR) is 123 cm³/mol. The number of H-pyrrole nitrogens is 1. The van der Waals surface area contributed by atoms with Crippen LogP contribution in [0.3, 0.4) is 0 Å². The Labute approximate surface area is 188 Å². The van der Waals surface area contributed by atoms with Gasteiger partial charge in [0.05, 0.1) is 27.1 Å². The number of urea groups is 1. The molecule has 8 nitrogen and oxygen atoms in total. The molecular weight excluding hydrogens is 439 g/mol. The van der Waals surface area contributed by atoms with Gasteiger partial charge in [-0.05, 0) is 36.2 Å². The number of nitrogens with two attached hydrogens (primary N) is 2. The third-order valence-electron chi connectivity index (χ3n) is 5.21. The predicted octanol–water partition coefficient (Wildman–Crippen LogP) is 4.16. The molecule has 0 aliphatic carbocycles. The number of aryl methyl sites for hydroxylation is 1. The molecule has 2 aromatic carbocycles. The van der Waals surface area contributed by atoms with Crippen molar-refractivity contribution >= 4 is 52.2 Å². The first kappa shape index (κ1) is 21.0. The Morgan fingerprint density at radius 2 is 1.74 bits per heavy atom. The Morgan fingerprint density at radius 1 is 1.10 bits per heavy atom. The number of carbonyl (C=O) groups excluding carboxylic acids is 2. The Bertz CT molecular complexity index is 1170. The van der Waals surface area contributed by atoms with Crippen LogP contribution in [0.4, 0.5) is 21.9 Å². The number of benzene rings is 2. The van der Waals surface area contributed by atoms with Gasteiger partial charge >= 0.3 is 6.03 Å². The number of nitrogens with zero attached hydrogens (tertiary/aromatic N) is 2. The third-order valence-corrected chi connectivity index (χ3v) is 6.15. The van der Waals surface area contributed by atoms with E-state index in [4.69, 9.17) is 34.8 Å². The number of aromatic nitrogens is 1. The van der Waals surface area contributed by atoms with E-state index in [-0.39, 0.29) is 10.7 Å². The molecule has 0 radical (unpaired) electrons. The summed E-state index contributed by atoms with van der Waals surface area (Å²) < 4.78 is 0. The molecule has 0 bridgehead atoms. The second kappa shape index (κ2) is 8.14. The van der Waals surface area contributed by atoms with Crippen molar-refractivity contribution in [2.24, 2.45) is 11.6 Å². The Kier molecular flexibility index (Phi) is 5.53. The number of fused-ring (bicyclic) bond motifs is 1. The second-order valence-electron chi connectivity index (χ2n) is 7.24. The smallest absolute Gasteiger partial charge is 0.333 e. The van der Waals surface area contributed by atoms with Crippen molar-refractivity contribution in [3.63, 3.8) is 0 Å². The number of halogens is 2. The van der Waals surface area contributed by atoms with Gasteiger partial charge in [0, 0.05) is 18.8 Å². The highest BCUT2D eigenvalue weighted by molar-refractivity contribution is 6.44. The summed E-state index contributed by atoms with van der Waals surface area (Å²) in [6, 6.07) is 12.3. The van der Waals surface area contributed by atoms with Crippen molar-refractivity contribution in [2.75, 3.05) is 15.2 Å². The van der Waals surface area contributed by atoms with E-state index in [0.29, 0.717) is 40.9 Å². The van der Waals surface area contributed by atoms with Gasteiger partial charge < -0.3 is 20.9 Å². The van der Waals surface area contributed by atoms with Gasteiger partial charge in [-0.25, -0.2) is 15.6 Å². The Balaban J connectivity index is 1.71. The molecule has 3 amide bonds. The van der Waals surface area contributed by atoms with Gasteiger partial charge in [0.15, 0.2) is 0 Å². The highest BCUT2D eigenvalue weighted by Gasteiger charge is 2.24. The van der Waals surface area contributed by atoms with E-state index in [0.717, 1.165) is 5.01 Å². The number of rotatable bonds is 4. The first-order valence-electron chi connectivity index (χ1n) is 9.41. The van der Waals surface area contributed by atoms with Crippen LogP contribution in [-0.4, -0.2) is 16.9 Å². The summed E-state index contributed by atoms with van der Waals surface area (Å²) in [6.07, 6.45) is 0. The van der Waals surface area contributed by atoms with Crippen LogP contribution in [0.1, 0.15) is 27.3 Å². The van der Waals surface area contributed by atoms with Crippen LogP contribution in [0.5, 0.6) is 0 Å². The molecule has 1 aliphatic heterocycles. The molecule has 31 heavy (non-hydrogen) atoms. The van der Waals surface area contributed by atoms with Gasteiger partial charge in [0.1, 0.15) is 5.69 Å². The van der Waals surface area contributed by atoms with Crippen LogP contribution in [0.15, 0.2) is 42.5 Å². The summed E-state index contributed by atoms with van der Waals surface area (Å²) in [5, 5.41) is 4.19. The van der Waals surface area contributed by atoms with E-state index >= 15 is 0 Å². The number of anilines is 3. The molecule has 0 saturated carbocycles. The molecule has 0 atom stereocenters. The topological polar surface area (TPSA) is 120 Å². The molecule has 1 aromatic heterocycles. The number of carbonyl (C=O) groups is 2. The first-order chi connectivity index (χ1) is 14.8. The molecule has 4 rings (SSSR count). The van der Waals surface area contributed by atoms with E-state index < -0.39 is 11.9 Å². The van der Waals surface area contributed by atoms with Gasteiger partial charge in [0.2, 0.25) is 0 Å². The molecule has 0 unspecified atom stereocenters. The van der Waals surface area contributed by atoms with Gasteiger partial charge in [-0.1, -0.05) is 47.5 Å². The highest BCUT2D eigenvalue weighted by atomic mass is 35.5. The minimum absolute atomic E-state index is 0.158. The average molecular weight is 459 g/mol. The molecule has 0 spiro atoms. The maximum Gasteiger partial charge on any atom is 0.333 e. The lowest BCUT2D eigenvalue weighted by Crippen LogP contribution is -2.41. The molecule has 6 N–H and O–H groups in total. The van der Waals surface area contributed by atoms with Crippen molar-refractivity contribution in [3.05, 3.63) is 75.0 Å². The maximum atomic E-state index is 12.9. The van der Waals surface area contributed by atoms with E-state index in [1.54, 1.807) is 25.1 Å². The highest BCUT2D eigenvalue weighted by Crippen LogP contribution is 2.37. The molecular formula is C21H20Cl2N6O2. The second-order valence-corrected chi connectivity index (χ2v) is 8.00. The minimum Gasteiger partial charge on any atom is -0.361 e. The van der Waals surface area contributed by atoms with Crippen LogP contribution >= 0.6 is 23.2 Å². The number of hydrogen-bond acceptors (Lipinski definition) is 4. The lowest BCUT2D eigenvalue weighted by molar-refractivity contribution is 0.102. The molecule has 10 heteroatoms. The summed E-state index contributed by atoms with van der Waals surface area (Å²) in [7, 11) is 0. The minimum atomic E-state index is -0.796. The van der Waals surface area contributed by atoms with Crippen molar-refractivity contribution in [1.29, 1.82) is 0 Å². The van der Waals surface area contributed by atoms with Crippen molar-refractivity contribution in [3.8, 4) is 0 Å². The zero-order valence-electron chi connectivity index (χ0n) is 16.6. The van der Waals surface area contributed by atoms with Crippen molar-refractivity contribution in [1.82, 2.24) is 4.98 Å². The lowest BCUT2D eigenvalue weighted by atomic mass is 10.1. The van der Waals surface area contributed by atoms with Crippen molar-refractivity contribution in [2.45, 2.75) is 20.0 Å². The largest absolute Gasteiger partial charge is 0.361 e. The van der Waals surface area contributed by atoms with Crippen LogP contribution in [0, 0.1) is 6.92 Å². The van der Waals surface area contributed by atoms with E-state index in [2.05, 4.69) is 27.3 Å². The summed E-state index contributed by atoms with van der Waals surface area (Å²) in [4.78, 5) is 29.4. The summed E-state index contributed by atoms with van der Waals surface area (Å²) in [5.41, 5.74) is 10.1. The number of primary amides is 1. The van der Waals surface area contributed by atoms with E-state index in [1.165, 1.54) is 11.1 Å². The number of aromatic amines is 1. The van der Waals surface area contributed by atoms with Gasteiger partial charge in [0.25, 0.3) is 5.91 Å². The zero-order chi connectivity index (χ0) is 22.3. The maximum absolute atomic E-state index is 12.9. The standard InChI is InChI=1S/C21H20Cl2N6O2/c1-11-17(22)18(23)19(26-11)20(30)27-15-7-6-14(29(25)21(24)31)8-16(15)28-9-12-4-2-3-5-13(12)10-28/h2-8,26H,9-10,25H2,1H3,(H2,24,31)(H,27,30). The van der Waals surface area contributed by atoms with Crippen LogP contribution < -0.4 is 26.8 Å². The van der Waals surface area contributed by atoms with E-state index in [1.807, 2.05) is 12.1 Å². The fourth-order valence-corrected chi connectivity index (χ4v) is 4.00. The number of hydrogen-bond donors (Lipinski definition) is 4. The Morgan fingerprint density at radius 3 is 2.29 bits per heavy atom. The molecule has 160 valence electrons. The number of nitrogens with one attached hydrogen (secondary N) is 2.